The maximum Gasteiger partial charge on any atom is 0.341 e. The Bertz CT molecular complexity index is 504. The molecule has 0 radical (unpaired) electrons. The highest BCUT2D eigenvalue weighted by Crippen LogP contribution is 2.36. The Morgan fingerprint density at radius 3 is 1.46 bits per heavy atom. The van der Waals surface area contributed by atoms with Gasteiger partial charge in [0.2, 0.25) is 0 Å². The molecule has 0 aliphatic rings. The van der Waals surface area contributed by atoms with E-state index in [0.717, 1.165) is 25.7 Å². The fourth-order valence-electron chi connectivity index (χ4n) is 2.03. The second-order valence-corrected chi connectivity index (χ2v) is 5.21. The molecule has 1 aromatic carbocycles. The monoisotopic (exact) mass is 338 g/mol. The van der Waals surface area contributed by atoms with Crippen LogP contribution in [0.5, 0.6) is 11.5 Å². The molecule has 0 aliphatic heterocycles. The van der Waals surface area contributed by atoms with Gasteiger partial charge in [-0.1, -0.05) is 26.7 Å². The van der Waals surface area contributed by atoms with Gasteiger partial charge in [0.15, 0.2) is 11.5 Å². The van der Waals surface area contributed by atoms with E-state index in [0.29, 0.717) is 13.2 Å². The van der Waals surface area contributed by atoms with Gasteiger partial charge in [-0.05, 0) is 25.0 Å². The number of hydrogen-bond donors (Lipinski definition) is 0. The molecule has 0 fully saturated rings. The molecule has 0 N–H and O–H groups in total. The Hall–Kier alpha value is -2.24. The van der Waals surface area contributed by atoms with Crippen LogP contribution < -0.4 is 9.47 Å². The van der Waals surface area contributed by atoms with E-state index in [1.807, 2.05) is 13.8 Å². The molecular formula is C18H26O6. The number of carbonyl (C=O) groups is 2. The Labute approximate surface area is 143 Å². The summed E-state index contributed by atoms with van der Waals surface area (Å²) in [6.45, 7) is 4.90. The Morgan fingerprint density at radius 2 is 1.17 bits per heavy atom. The van der Waals surface area contributed by atoms with E-state index in [2.05, 4.69) is 0 Å². The Balaban J connectivity index is 3.33. The van der Waals surface area contributed by atoms with Gasteiger partial charge in [0.1, 0.15) is 11.1 Å². The number of hydrogen-bond acceptors (Lipinski definition) is 6. The highest BCUT2D eigenvalue weighted by Gasteiger charge is 2.25. The number of carbonyl (C=O) groups excluding carboxylic acids is 2. The summed E-state index contributed by atoms with van der Waals surface area (Å²) >= 11 is 0. The van der Waals surface area contributed by atoms with Crippen LogP contribution in [0.3, 0.4) is 0 Å². The maximum atomic E-state index is 12.0. The second-order valence-electron chi connectivity index (χ2n) is 5.21. The van der Waals surface area contributed by atoms with Crippen LogP contribution in [0.25, 0.3) is 0 Å². The van der Waals surface area contributed by atoms with E-state index >= 15 is 0 Å². The van der Waals surface area contributed by atoms with Gasteiger partial charge in [0.05, 0.1) is 27.4 Å². The number of esters is 2. The fourth-order valence-corrected chi connectivity index (χ4v) is 2.03. The van der Waals surface area contributed by atoms with E-state index in [1.165, 1.54) is 26.4 Å². The van der Waals surface area contributed by atoms with Crippen molar-refractivity contribution in [2.45, 2.75) is 39.5 Å². The maximum absolute atomic E-state index is 12.0. The minimum atomic E-state index is -0.543. The number of methoxy groups -OCH3 is 2. The standard InChI is InChI=1S/C18H26O6/c1-5-7-11-23-15-13(17(19)21-3)9-10-14(18(20)22-4)16(15)24-12-8-6-2/h9-10H,5-8,11-12H2,1-4H3. The highest BCUT2D eigenvalue weighted by atomic mass is 16.5. The number of rotatable bonds is 10. The van der Waals surface area contributed by atoms with Crippen molar-refractivity contribution in [1.29, 1.82) is 0 Å². The number of ether oxygens (including phenoxy) is 4. The van der Waals surface area contributed by atoms with Crippen LogP contribution in [0.15, 0.2) is 12.1 Å². The zero-order valence-corrected chi connectivity index (χ0v) is 14.8. The van der Waals surface area contributed by atoms with Gasteiger partial charge < -0.3 is 18.9 Å². The average Bonchev–Trinajstić information content (AvgIpc) is 2.61. The molecule has 0 bridgehead atoms. The summed E-state index contributed by atoms with van der Waals surface area (Å²) in [4.78, 5) is 24.1. The van der Waals surface area contributed by atoms with Gasteiger partial charge >= 0.3 is 11.9 Å². The van der Waals surface area contributed by atoms with E-state index in [1.54, 1.807) is 0 Å². The Morgan fingerprint density at radius 1 is 0.792 bits per heavy atom. The van der Waals surface area contributed by atoms with E-state index in [9.17, 15) is 9.59 Å². The van der Waals surface area contributed by atoms with Crippen LogP contribution >= 0.6 is 0 Å². The molecule has 6 heteroatoms. The third-order valence-electron chi connectivity index (χ3n) is 3.41. The molecule has 6 nitrogen and oxygen atoms in total. The van der Waals surface area contributed by atoms with Gasteiger partial charge in [-0.25, -0.2) is 9.59 Å². The molecular weight excluding hydrogens is 312 g/mol. The predicted molar refractivity (Wildman–Crippen MR) is 89.9 cm³/mol. The highest BCUT2D eigenvalue weighted by molar-refractivity contribution is 5.99. The van der Waals surface area contributed by atoms with Crippen molar-refractivity contribution in [2.75, 3.05) is 27.4 Å². The lowest BCUT2D eigenvalue weighted by atomic mass is 10.1. The minimum absolute atomic E-state index is 0.229. The normalized spacial score (nSPS) is 10.2. The zero-order chi connectivity index (χ0) is 17.9. The Kier molecular flexibility index (Phi) is 8.68. The molecule has 0 atom stereocenters. The van der Waals surface area contributed by atoms with Gasteiger partial charge in [0.25, 0.3) is 0 Å². The molecule has 1 aromatic rings. The van der Waals surface area contributed by atoms with E-state index in [4.69, 9.17) is 18.9 Å². The summed E-state index contributed by atoms with van der Waals surface area (Å²) in [6.07, 6.45) is 3.52. The molecule has 0 saturated heterocycles. The molecule has 0 saturated carbocycles. The molecule has 1 rings (SSSR count). The van der Waals surface area contributed by atoms with Crippen LogP contribution in [0.1, 0.15) is 60.2 Å². The van der Waals surface area contributed by atoms with Crippen molar-refractivity contribution in [3.05, 3.63) is 23.3 Å². The summed E-state index contributed by atoms with van der Waals surface area (Å²) in [7, 11) is 2.59. The summed E-state index contributed by atoms with van der Waals surface area (Å²) in [6, 6.07) is 2.98. The molecule has 24 heavy (non-hydrogen) atoms. The van der Waals surface area contributed by atoms with Crippen LogP contribution in [0.2, 0.25) is 0 Å². The summed E-state index contributed by atoms with van der Waals surface area (Å²) in [5.74, 6) is -0.625. The molecule has 0 heterocycles. The fraction of sp³-hybridized carbons (Fsp3) is 0.556. The van der Waals surface area contributed by atoms with Gasteiger partial charge in [-0.2, -0.15) is 0 Å². The first-order valence-electron chi connectivity index (χ1n) is 8.19. The van der Waals surface area contributed by atoms with Crippen LogP contribution in [0, 0.1) is 0 Å². The lowest BCUT2D eigenvalue weighted by Crippen LogP contribution is -2.13. The van der Waals surface area contributed by atoms with E-state index < -0.39 is 11.9 Å². The average molecular weight is 338 g/mol. The molecule has 0 spiro atoms. The van der Waals surface area contributed by atoms with Crippen molar-refractivity contribution in [1.82, 2.24) is 0 Å². The third kappa shape index (κ3) is 5.15. The topological polar surface area (TPSA) is 71.1 Å². The molecule has 0 unspecified atom stereocenters. The molecule has 0 aromatic heterocycles. The first-order valence-corrected chi connectivity index (χ1v) is 8.19. The zero-order valence-electron chi connectivity index (χ0n) is 14.8. The van der Waals surface area contributed by atoms with E-state index in [-0.39, 0.29) is 22.6 Å². The molecule has 0 amide bonds. The van der Waals surface area contributed by atoms with Crippen LogP contribution in [0.4, 0.5) is 0 Å². The third-order valence-corrected chi connectivity index (χ3v) is 3.41. The van der Waals surface area contributed by atoms with Crippen LogP contribution in [-0.4, -0.2) is 39.4 Å². The lowest BCUT2D eigenvalue weighted by Gasteiger charge is -2.18. The minimum Gasteiger partial charge on any atom is -0.489 e. The smallest absolute Gasteiger partial charge is 0.341 e. The van der Waals surface area contributed by atoms with Crippen molar-refractivity contribution < 1.29 is 28.5 Å². The van der Waals surface area contributed by atoms with Gasteiger partial charge in [0, 0.05) is 0 Å². The van der Waals surface area contributed by atoms with Crippen molar-refractivity contribution in [2.24, 2.45) is 0 Å². The quantitative estimate of drug-likeness (QED) is 0.479. The lowest BCUT2D eigenvalue weighted by molar-refractivity contribution is 0.0577. The summed E-state index contributed by atoms with van der Waals surface area (Å²) in [5, 5.41) is 0. The van der Waals surface area contributed by atoms with Crippen molar-refractivity contribution >= 4 is 11.9 Å². The SMILES string of the molecule is CCCCOc1c(C(=O)OC)ccc(C(=O)OC)c1OCCCC. The van der Waals surface area contributed by atoms with Crippen LogP contribution in [-0.2, 0) is 9.47 Å². The number of benzene rings is 1. The summed E-state index contributed by atoms with van der Waals surface area (Å²) in [5.41, 5.74) is 0.459. The summed E-state index contributed by atoms with van der Waals surface area (Å²) < 4.78 is 21.1. The first-order chi connectivity index (χ1) is 11.6. The largest absolute Gasteiger partial charge is 0.489 e. The first kappa shape index (κ1) is 19.8. The second kappa shape index (κ2) is 10.5. The number of unbranched alkanes of at least 4 members (excludes halogenated alkanes) is 2. The predicted octanol–water partition coefficient (Wildman–Crippen LogP) is 3.62. The van der Waals surface area contributed by atoms with Crippen molar-refractivity contribution in [3.63, 3.8) is 0 Å². The molecule has 134 valence electrons. The van der Waals surface area contributed by atoms with Crippen molar-refractivity contribution in [3.8, 4) is 11.5 Å². The van der Waals surface area contributed by atoms with Gasteiger partial charge in [-0.3, -0.25) is 0 Å². The molecule has 0 aliphatic carbocycles. The van der Waals surface area contributed by atoms with Gasteiger partial charge in [-0.15, -0.1) is 0 Å².